The normalized spacial score (nSPS) is 16.5. The van der Waals surface area contributed by atoms with Crippen LogP contribution in [-0.2, 0) is 0 Å². The molecule has 0 nitrogen and oxygen atoms in total. The van der Waals surface area contributed by atoms with Gasteiger partial charge in [-0.05, 0) is 56.0 Å². The summed E-state index contributed by atoms with van der Waals surface area (Å²) in [5.74, 6) is 0.567. The molecule has 0 heteroatoms. The monoisotopic (exact) mass is 284 g/mol. The van der Waals surface area contributed by atoms with Gasteiger partial charge in [0.15, 0.2) is 0 Å². The third kappa shape index (κ3) is 1.99. The minimum absolute atomic E-state index is 0.567. The van der Waals surface area contributed by atoms with Crippen molar-refractivity contribution in [2.45, 2.75) is 20.8 Å². The molecule has 0 fully saturated rings. The SMILES string of the molecule is CC1=Cc2cccc(=c3cccc4c3=CC(C(C)C)=C4)c2=C1. The standard InChI is InChI=1S/C22H20/c1-14(2)18-12-17-7-5-9-20(22(17)13-18)19-8-4-6-16-10-15(3)11-21(16)19/h4-14H,1-3H3. The number of rotatable bonds is 1. The smallest absolute Gasteiger partial charge is 0.00991 e. The van der Waals surface area contributed by atoms with Crippen LogP contribution in [0.3, 0.4) is 0 Å². The van der Waals surface area contributed by atoms with Gasteiger partial charge in [0.05, 0.1) is 0 Å². The number of benzene rings is 2. The highest BCUT2D eigenvalue weighted by atomic mass is 14.1. The molecule has 2 aromatic rings. The predicted octanol–water partition coefficient (Wildman–Crippen LogP) is 4.00. The Bertz CT molecular complexity index is 1040. The molecular formula is C22H20. The maximum absolute atomic E-state index is 2.37. The number of hydrogen-bond donors (Lipinski definition) is 0. The molecular weight excluding hydrogens is 264 g/mol. The molecule has 2 aliphatic carbocycles. The molecule has 0 aliphatic heterocycles. The van der Waals surface area contributed by atoms with Gasteiger partial charge in [0, 0.05) is 0 Å². The lowest BCUT2D eigenvalue weighted by Crippen LogP contribution is -2.12. The molecule has 0 heterocycles. The number of fused-ring (bicyclic) bond motifs is 2. The van der Waals surface area contributed by atoms with E-state index in [2.05, 4.69) is 81.5 Å². The highest BCUT2D eigenvalue weighted by Crippen LogP contribution is 2.19. The highest BCUT2D eigenvalue weighted by molar-refractivity contribution is 5.74. The van der Waals surface area contributed by atoms with Crippen LogP contribution in [0.1, 0.15) is 31.9 Å². The third-order valence-corrected chi connectivity index (χ3v) is 4.62. The molecule has 2 aliphatic rings. The maximum Gasteiger partial charge on any atom is -0.00991 e. The third-order valence-electron chi connectivity index (χ3n) is 4.62. The second-order valence-electron chi connectivity index (χ2n) is 6.59. The summed E-state index contributed by atoms with van der Waals surface area (Å²) in [6.07, 6.45) is 9.27. The molecule has 0 saturated carbocycles. The van der Waals surface area contributed by atoms with E-state index in [1.165, 1.54) is 43.1 Å². The zero-order chi connectivity index (χ0) is 15.3. The molecule has 0 atom stereocenters. The molecule has 108 valence electrons. The molecule has 22 heavy (non-hydrogen) atoms. The summed E-state index contributed by atoms with van der Waals surface area (Å²) in [7, 11) is 0. The Morgan fingerprint density at radius 2 is 1.27 bits per heavy atom. The molecule has 2 aromatic carbocycles. The zero-order valence-corrected chi connectivity index (χ0v) is 13.4. The van der Waals surface area contributed by atoms with Crippen LogP contribution in [0.25, 0.3) is 24.3 Å². The van der Waals surface area contributed by atoms with Gasteiger partial charge in [0.25, 0.3) is 0 Å². The van der Waals surface area contributed by atoms with Crippen molar-refractivity contribution < 1.29 is 0 Å². The van der Waals surface area contributed by atoms with Crippen LogP contribution in [0.5, 0.6) is 0 Å². The first-order valence-corrected chi connectivity index (χ1v) is 7.99. The highest BCUT2D eigenvalue weighted by Gasteiger charge is 2.09. The van der Waals surface area contributed by atoms with Crippen molar-refractivity contribution in [1.82, 2.24) is 0 Å². The van der Waals surface area contributed by atoms with Crippen molar-refractivity contribution in [3.63, 3.8) is 0 Å². The average molecular weight is 284 g/mol. The van der Waals surface area contributed by atoms with Crippen LogP contribution < -0.4 is 10.4 Å². The van der Waals surface area contributed by atoms with Crippen LogP contribution in [0, 0.1) is 16.4 Å². The van der Waals surface area contributed by atoms with Gasteiger partial charge in [0.1, 0.15) is 0 Å². The van der Waals surface area contributed by atoms with Gasteiger partial charge in [-0.3, -0.25) is 0 Å². The average Bonchev–Trinajstić information content (AvgIpc) is 3.08. The zero-order valence-electron chi connectivity index (χ0n) is 13.4. The first-order chi connectivity index (χ1) is 10.6. The summed E-state index contributed by atoms with van der Waals surface area (Å²) in [5, 5.41) is 5.43. The van der Waals surface area contributed by atoms with E-state index in [-0.39, 0.29) is 0 Å². The van der Waals surface area contributed by atoms with Crippen LogP contribution in [0.2, 0.25) is 0 Å². The Morgan fingerprint density at radius 1 is 0.682 bits per heavy atom. The Labute approximate surface area is 131 Å². The van der Waals surface area contributed by atoms with Crippen LogP contribution in [-0.4, -0.2) is 0 Å². The first-order valence-electron chi connectivity index (χ1n) is 7.99. The van der Waals surface area contributed by atoms with Gasteiger partial charge in [0.2, 0.25) is 0 Å². The summed E-state index contributed by atoms with van der Waals surface area (Å²) in [6.45, 7) is 6.69. The van der Waals surface area contributed by atoms with E-state index in [4.69, 9.17) is 0 Å². The number of allylic oxidation sites excluding steroid dienone is 2. The Kier molecular flexibility index (Phi) is 2.94. The maximum atomic E-state index is 2.37. The fourth-order valence-corrected chi connectivity index (χ4v) is 3.45. The molecule has 4 rings (SSSR count). The quantitative estimate of drug-likeness (QED) is 0.742. The van der Waals surface area contributed by atoms with Gasteiger partial charge in [-0.2, -0.15) is 0 Å². The topological polar surface area (TPSA) is 0 Å². The van der Waals surface area contributed by atoms with Gasteiger partial charge in [-0.1, -0.05) is 74.5 Å². The molecule has 0 spiro atoms. The molecule has 0 amide bonds. The van der Waals surface area contributed by atoms with Gasteiger partial charge in [-0.25, -0.2) is 0 Å². The van der Waals surface area contributed by atoms with Gasteiger partial charge < -0.3 is 0 Å². The van der Waals surface area contributed by atoms with E-state index in [0.717, 1.165) is 0 Å². The second-order valence-corrected chi connectivity index (χ2v) is 6.59. The lowest BCUT2D eigenvalue weighted by molar-refractivity contribution is 0.809. The van der Waals surface area contributed by atoms with E-state index in [1.54, 1.807) is 0 Å². The van der Waals surface area contributed by atoms with Crippen molar-refractivity contribution in [3.05, 3.63) is 79.5 Å². The summed E-state index contributed by atoms with van der Waals surface area (Å²) < 4.78 is 0. The van der Waals surface area contributed by atoms with Crippen molar-refractivity contribution in [1.29, 1.82) is 0 Å². The van der Waals surface area contributed by atoms with E-state index < -0.39 is 0 Å². The van der Waals surface area contributed by atoms with Crippen LogP contribution >= 0.6 is 0 Å². The summed E-state index contributed by atoms with van der Waals surface area (Å²) in [6, 6.07) is 13.3. The van der Waals surface area contributed by atoms with Crippen LogP contribution in [0.15, 0.2) is 47.5 Å². The fourth-order valence-electron chi connectivity index (χ4n) is 3.45. The Hall–Kier alpha value is -2.34. The molecule has 0 aromatic heterocycles. The Balaban J connectivity index is 2.17. The molecule has 0 radical (unpaired) electrons. The predicted molar refractivity (Wildman–Crippen MR) is 95.2 cm³/mol. The molecule has 0 N–H and O–H groups in total. The lowest BCUT2D eigenvalue weighted by Gasteiger charge is -2.00. The van der Waals surface area contributed by atoms with Crippen LogP contribution in [0.4, 0.5) is 0 Å². The molecule has 0 bridgehead atoms. The van der Waals surface area contributed by atoms with Crippen molar-refractivity contribution in [3.8, 4) is 0 Å². The van der Waals surface area contributed by atoms with E-state index in [0.29, 0.717) is 5.92 Å². The minimum Gasteiger partial charge on any atom is -0.0610 e. The summed E-state index contributed by atoms with van der Waals surface area (Å²) in [5.41, 5.74) is 5.44. The van der Waals surface area contributed by atoms with Crippen molar-refractivity contribution in [2.75, 3.05) is 0 Å². The van der Waals surface area contributed by atoms with Crippen molar-refractivity contribution in [2.24, 2.45) is 5.92 Å². The lowest BCUT2D eigenvalue weighted by atomic mass is 10.0. The molecule has 0 unspecified atom stereocenters. The molecule has 0 saturated heterocycles. The second kappa shape index (κ2) is 4.84. The van der Waals surface area contributed by atoms with E-state index in [9.17, 15) is 0 Å². The van der Waals surface area contributed by atoms with Gasteiger partial charge >= 0.3 is 0 Å². The van der Waals surface area contributed by atoms with Gasteiger partial charge in [-0.15, -0.1) is 0 Å². The van der Waals surface area contributed by atoms with E-state index in [1.807, 2.05) is 0 Å². The fraction of sp³-hybridized carbons (Fsp3) is 0.182. The number of hydrogen-bond acceptors (Lipinski definition) is 0. The minimum atomic E-state index is 0.567. The van der Waals surface area contributed by atoms with Crippen molar-refractivity contribution >= 4 is 24.3 Å². The van der Waals surface area contributed by atoms with E-state index >= 15 is 0 Å². The summed E-state index contributed by atoms with van der Waals surface area (Å²) in [4.78, 5) is 0. The Morgan fingerprint density at radius 3 is 1.91 bits per heavy atom. The summed E-state index contributed by atoms with van der Waals surface area (Å²) >= 11 is 0. The largest absolute Gasteiger partial charge is 0.0610 e. The first kappa shape index (κ1) is 13.3.